The van der Waals surface area contributed by atoms with Gasteiger partial charge in [-0.2, -0.15) is 0 Å². The molecule has 0 unspecified atom stereocenters. The van der Waals surface area contributed by atoms with Crippen LogP contribution in [0.3, 0.4) is 0 Å². The summed E-state index contributed by atoms with van der Waals surface area (Å²) in [5.74, 6) is -0.662. The maximum Gasteiger partial charge on any atom is 0.310 e. The molecule has 0 aliphatic carbocycles. The smallest absolute Gasteiger partial charge is 0.310 e. The SMILES string of the molecule is COc1ccc(Cl)cc1NC(=O)COC(=O)Cc1ccc(Cl)cc1Cl. The summed E-state index contributed by atoms with van der Waals surface area (Å²) in [7, 11) is 1.47. The highest BCUT2D eigenvalue weighted by Gasteiger charge is 2.13. The van der Waals surface area contributed by atoms with Gasteiger partial charge in [0.2, 0.25) is 0 Å². The zero-order chi connectivity index (χ0) is 18.4. The molecule has 0 aliphatic heterocycles. The van der Waals surface area contributed by atoms with E-state index in [4.69, 9.17) is 44.3 Å². The zero-order valence-electron chi connectivity index (χ0n) is 13.1. The molecule has 0 fully saturated rings. The number of rotatable bonds is 6. The van der Waals surface area contributed by atoms with Crippen molar-refractivity contribution in [3.05, 3.63) is 57.0 Å². The predicted molar refractivity (Wildman–Crippen MR) is 97.8 cm³/mol. The van der Waals surface area contributed by atoms with Crippen molar-refractivity contribution in [2.75, 3.05) is 19.0 Å². The molecule has 0 bridgehead atoms. The third kappa shape index (κ3) is 5.81. The molecule has 8 heteroatoms. The number of hydrogen-bond donors (Lipinski definition) is 1. The lowest BCUT2D eigenvalue weighted by atomic mass is 10.1. The minimum atomic E-state index is -0.586. The number of carbonyl (C=O) groups is 2. The summed E-state index contributed by atoms with van der Waals surface area (Å²) < 4.78 is 10.1. The fourth-order valence-electron chi connectivity index (χ4n) is 1.98. The van der Waals surface area contributed by atoms with Gasteiger partial charge >= 0.3 is 5.97 Å². The summed E-state index contributed by atoms with van der Waals surface area (Å²) in [6.45, 7) is -0.445. The van der Waals surface area contributed by atoms with Crippen LogP contribution in [0.15, 0.2) is 36.4 Å². The molecule has 25 heavy (non-hydrogen) atoms. The number of nitrogens with one attached hydrogen (secondary N) is 1. The van der Waals surface area contributed by atoms with Gasteiger partial charge < -0.3 is 14.8 Å². The van der Waals surface area contributed by atoms with Gasteiger partial charge in [0.05, 0.1) is 19.2 Å². The van der Waals surface area contributed by atoms with Crippen molar-refractivity contribution in [3.8, 4) is 5.75 Å². The topological polar surface area (TPSA) is 64.6 Å². The maximum absolute atomic E-state index is 11.9. The highest BCUT2D eigenvalue weighted by Crippen LogP contribution is 2.27. The Morgan fingerprint density at radius 3 is 2.40 bits per heavy atom. The molecule has 0 atom stereocenters. The van der Waals surface area contributed by atoms with Gasteiger partial charge in [0.1, 0.15) is 5.75 Å². The van der Waals surface area contributed by atoms with Gasteiger partial charge in [-0.3, -0.25) is 9.59 Å². The summed E-state index contributed by atoms with van der Waals surface area (Å²) in [6, 6.07) is 9.56. The minimum Gasteiger partial charge on any atom is -0.495 e. The van der Waals surface area contributed by atoms with Crippen molar-refractivity contribution in [1.29, 1.82) is 0 Å². The van der Waals surface area contributed by atoms with Crippen molar-refractivity contribution in [3.63, 3.8) is 0 Å². The summed E-state index contributed by atoms with van der Waals surface area (Å²) in [5.41, 5.74) is 0.949. The van der Waals surface area contributed by atoms with Crippen molar-refractivity contribution in [2.24, 2.45) is 0 Å². The number of anilines is 1. The van der Waals surface area contributed by atoms with E-state index in [-0.39, 0.29) is 6.42 Å². The number of carbonyl (C=O) groups excluding carboxylic acids is 2. The molecule has 0 spiro atoms. The van der Waals surface area contributed by atoms with E-state index in [0.717, 1.165) is 0 Å². The van der Waals surface area contributed by atoms with Crippen molar-refractivity contribution in [1.82, 2.24) is 0 Å². The van der Waals surface area contributed by atoms with Gasteiger partial charge in [0.25, 0.3) is 5.91 Å². The van der Waals surface area contributed by atoms with Gasteiger partial charge in [0.15, 0.2) is 6.61 Å². The lowest BCUT2D eigenvalue weighted by Gasteiger charge is -2.11. The largest absolute Gasteiger partial charge is 0.495 e. The molecule has 2 rings (SSSR count). The third-order valence-corrected chi connectivity index (χ3v) is 3.97. The average molecular weight is 403 g/mol. The molecule has 1 N–H and O–H groups in total. The third-order valence-electron chi connectivity index (χ3n) is 3.15. The highest BCUT2D eigenvalue weighted by atomic mass is 35.5. The number of hydrogen-bond acceptors (Lipinski definition) is 4. The van der Waals surface area contributed by atoms with Crippen LogP contribution in [0.2, 0.25) is 15.1 Å². The monoisotopic (exact) mass is 401 g/mol. The Morgan fingerprint density at radius 2 is 1.72 bits per heavy atom. The van der Waals surface area contributed by atoms with E-state index in [9.17, 15) is 9.59 Å². The number of ether oxygens (including phenoxy) is 2. The summed E-state index contributed by atoms with van der Waals surface area (Å²) in [4.78, 5) is 23.8. The number of amides is 1. The first kappa shape index (κ1) is 19.4. The first-order valence-corrected chi connectivity index (χ1v) is 8.25. The second-order valence-corrected chi connectivity index (χ2v) is 6.25. The van der Waals surface area contributed by atoms with Gasteiger partial charge in [0, 0.05) is 15.1 Å². The lowest BCUT2D eigenvalue weighted by Crippen LogP contribution is -2.22. The molecule has 132 valence electrons. The van der Waals surface area contributed by atoms with Crippen LogP contribution in [0.1, 0.15) is 5.56 Å². The van der Waals surface area contributed by atoms with Crippen LogP contribution in [0, 0.1) is 0 Å². The van der Waals surface area contributed by atoms with Crippen LogP contribution in [-0.2, 0) is 20.7 Å². The predicted octanol–water partition coefficient (Wildman–Crippen LogP) is 4.38. The second kappa shape index (κ2) is 8.94. The molecular formula is C17H14Cl3NO4. The molecule has 5 nitrogen and oxygen atoms in total. The average Bonchev–Trinajstić information content (AvgIpc) is 2.56. The fourth-order valence-corrected chi connectivity index (χ4v) is 2.63. The number of methoxy groups -OCH3 is 1. The van der Waals surface area contributed by atoms with Crippen molar-refractivity contribution < 1.29 is 19.1 Å². The Balaban J connectivity index is 1.89. The van der Waals surface area contributed by atoms with E-state index in [1.165, 1.54) is 19.2 Å². The van der Waals surface area contributed by atoms with Crippen LogP contribution in [0.5, 0.6) is 5.75 Å². The van der Waals surface area contributed by atoms with Gasteiger partial charge in [-0.25, -0.2) is 0 Å². The van der Waals surface area contributed by atoms with Crippen LogP contribution < -0.4 is 10.1 Å². The number of esters is 1. The Hall–Kier alpha value is -1.95. The Bertz CT molecular complexity index is 795. The molecule has 0 radical (unpaired) electrons. The first-order chi connectivity index (χ1) is 11.9. The lowest BCUT2D eigenvalue weighted by molar-refractivity contribution is -0.146. The molecule has 0 heterocycles. The first-order valence-electron chi connectivity index (χ1n) is 7.12. The molecular weight excluding hydrogens is 389 g/mol. The summed E-state index contributed by atoms with van der Waals surface area (Å²) in [6.07, 6.45) is -0.0657. The molecule has 1 amide bonds. The minimum absolute atomic E-state index is 0.0657. The van der Waals surface area contributed by atoms with Gasteiger partial charge in [-0.05, 0) is 35.9 Å². The zero-order valence-corrected chi connectivity index (χ0v) is 15.4. The van der Waals surface area contributed by atoms with E-state index < -0.39 is 18.5 Å². The van der Waals surface area contributed by atoms with Gasteiger partial charge in [-0.15, -0.1) is 0 Å². The molecule has 2 aromatic carbocycles. The Kier molecular flexibility index (Phi) is 6.93. The molecule has 2 aromatic rings. The van der Waals surface area contributed by atoms with E-state index in [2.05, 4.69) is 5.32 Å². The van der Waals surface area contributed by atoms with Crippen LogP contribution in [0.25, 0.3) is 0 Å². The second-order valence-electron chi connectivity index (χ2n) is 4.97. The Labute approximate surface area is 159 Å². The molecule has 0 aromatic heterocycles. The van der Waals surface area contributed by atoms with E-state index in [1.54, 1.807) is 24.3 Å². The summed E-state index contributed by atoms with van der Waals surface area (Å²) in [5, 5.41) is 3.84. The molecule has 0 saturated heterocycles. The van der Waals surface area contributed by atoms with E-state index in [1.807, 2.05) is 0 Å². The number of benzene rings is 2. The fraction of sp³-hybridized carbons (Fsp3) is 0.176. The normalized spacial score (nSPS) is 10.2. The van der Waals surface area contributed by atoms with Crippen LogP contribution in [0.4, 0.5) is 5.69 Å². The molecule has 0 saturated carbocycles. The van der Waals surface area contributed by atoms with Gasteiger partial charge in [-0.1, -0.05) is 40.9 Å². The highest BCUT2D eigenvalue weighted by molar-refractivity contribution is 6.35. The van der Waals surface area contributed by atoms with Crippen LogP contribution >= 0.6 is 34.8 Å². The van der Waals surface area contributed by atoms with E-state index in [0.29, 0.717) is 32.1 Å². The number of halogens is 3. The quantitative estimate of drug-likeness (QED) is 0.728. The van der Waals surface area contributed by atoms with Crippen molar-refractivity contribution >= 4 is 52.4 Å². The maximum atomic E-state index is 11.9. The van der Waals surface area contributed by atoms with Crippen LogP contribution in [-0.4, -0.2) is 25.6 Å². The standard InChI is InChI=1S/C17H14Cl3NO4/c1-24-15-5-4-12(19)8-14(15)21-16(22)9-25-17(23)6-10-2-3-11(18)7-13(10)20/h2-5,7-8H,6,9H2,1H3,(H,21,22). The van der Waals surface area contributed by atoms with Crippen molar-refractivity contribution in [2.45, 2.75) is 6.42 Å². The molecule has 0 aliphatic rings. The van der Waals surface area contributed by atoms with E-state index >= 15 is 0 Å². The Morgan fingerprint density at radius 1 is 1.04 bits per heavy atom. The summed E-state index contributed by atoms with van der Waals surface area (Å²) >= 11 is 17.7.